The Labute approximate surface area is 108 Å². The van der Waals surface area contributed by atoms with E-state index in [-0.39, 0.29) is 0 Å². The van der Waals surface area contributed by atoms with Crippen LogP contribution in [0.2, 0.25) is 0 Å². The standard InChI is InChI=1S/C15H21NS/c1-2-8-16-14(5-1)11-12-6-7-15-13(10-12)4-3-9-17-15/h6-7,10,14,16H,1-5,8-9,11H2. The molecule has 1 unspecified atom stereocenters. The Morgan fingerprint density at radius 2 is 2.24 bits per heavy atom. The molecule has 0 spiro atoms. The summed E-state index contributed by atoms with van der Waals surface area (Å²) in [6.07, 6.45) is 7.97. The van der Waals surface area contributed by atoms with E-state index >= 15 is 0 Å². The molecular weight excluding hydrogens is 226 g/mol. The summed E-state index contributed by atoms with van der Waals surface area (Å²) >= 11 is 2.03. The van der Waals surface area contributed by atoms with Crippen molar-refractivity contribution in [3.8, 4) is 0 Å². The molecule has 1 saturated heterocycles. The van der Waals surface area contributed by atoms with Crippen LogP contribution in [-0.4, -0.2) is 18.3 Å². The van der Waals surface area contributed by atoms with Gasteiger partial charge in [-0.15, -0.1) is 11.8 Å². The van der Waals surface area contributed by atoms with E-state index in [2.05, 4.69) is 23.5 Å². The van der Waals surface area contributed by atoms with Gasteiger partial charge in [0.05, 0.1) is 0 Å². The third-order valence-electron chi connectivity index (χ3n) is 3.87. The van der Waals surface area contributed by atoms with Crippen molar-refractivity contribution in [2.75, 3.05) is 12.3 Å². The summed E-state index contributed by atoms with van der Waals surface area (Å²) in [6, 6.07) is 7.86. The largest absolute Gasteiger partial charge is 0.314 e. The Bertz CT molecular complexity index is 383. The van der Waals surface area contributed by atoms with Crippen molar-refractivity contribution >= 4 is 11.8 Å². The number of piperidine rings is 1. The van der Waals surface area contributed by atoms with E-state index < -0.39 is 0 Å². The highest BCUT2D eigenvalue weighted by atomic mass is 32.2. The molecular formula is C15H21NS. The molecule has 0 aromatic heterocycles. The van der Waals surface area contributed by atoms with Gasteiger partial charge in [-0.05, 0) is 61.6 Å². The molecule has 0 saturated carbocycles. The summed E-state index contributed by atoms with van der Waals surface area (Å²) in [4.78, 5) is 1.52. The van der Waals surface area contributed by atoms with E-state index in [0.717, 1.165) is 6.04 Å². The number of hydrogen-bond donors (Lipinski definition) is 1. The van der Waals surface area contributed by atoms with Crippen LogP contribution < -0.4 is 5.32 Å². The van der Waals surface area contributed by atoms with E-state index in [0.29, 0.717) is 0 Å². The third kappa shape index (κ3) is 2.86. The molecule has 0 amide bonds. The number of fused-ring (bicyclic) bond motifs is 1. The number of rotatable bonds is 2. The number of benzene rings is 1. The van der Waals surface area contributed by atoms with E-state index in [9.17, 15) is 0 Å². The van der Waals surface area contributed by atoms with E-state index in [1.807, 2.05) is 11.8 Å². The Hall–Kier alpha value is -0.470. The molecule has 1 atom stereocenters. The first-order valence-corrected chi connectivity index (χ1v) is 7.88. The zero-order chi connectivity index (χ0) is 11.5. The highest BCUT2D eigenvalue weighted by Gasteiger charge is 2.15. The van der Waals surface area contributed by atoms with Gasteiger partial charge < -0.3 is 5.32 Å². The van der Waals surface area contributed by atoms with Crippen LogP contribution in [0.4, 0.5) is 0 Å². The Morgan fingerprint density at radius 1 is 1.24 bits per heavy atom. The van der Waals surface area contributed by atoms with Gasteiger partial charge in [0.1, 0.15) is 0 Å². The van der Waals surface area contributed by atoms with Gasteiger partial charge in [-0.1, -0.05) is 18.6 Å². The van der Waals surface area contributed by atoms with E-state index in [1.54, 1.807) is 5.56 Å². The molecule has 2 heterocycles. The van der Waals surface area contributed by atoms with Gasteiger partial charge in [0.15, 0.2) is 0 Å². The second-order valence-corrected chi connectivity index (χ2v) is 6.38. The first-order valence-electron chi connectivity index (χ1n) is 6.90. The molecule has 17 heavy (non-hydrogen) atoms. The summed E-state index contributed by atoms with van der Waals surface area (Å²) < 4.78 is 0. The van der Waals surface area contributed by atoms with Crippen molar-refractivity contribution in [2.24, 2.45) is 0 Å². The first-order chi connectivity index (χ1) is 8.42. The van der Waals surface area contributed by atoms with Crippen LogP contribution >= 0.6 is 11.8 Å². The Morgan fingerprint density at radius 3 is 3.12 bits per heavy atom. The van der Waals surface area contributed by atoms with Crippen LogP contribution in [0.5, 0.6) is 0 Å². The van der Waals surface area contributed by atoms with Gasteiger partial charge in [0, 0.05) is 10.9 Å². The summed E-state index contributed by atoms with van der Waals surface area (Å²) in [5, 5.41) is 3.64. The highest BCUT2D eigenvalue weighted by Crippen LogP contribution is 2.30. The zero-order valence-corrected chi connectivity index (χ0v) is 11.2. The van der Waals surface area contributed by atoms with Crippen molar-refractivity contribution in [1.29, 1.82) is 0 Å². The molecule has 0 radical (unpaired) electrons. The molecule has 1 fully saturated rings. The monoisotopic (exact) mass is 247 g/mol. The molecule has 3 rings (SSSR count). The minimum Gasteiger partial charge on any atom is -0.314 e. The number of hydrogen-bond acceptors (Lipinski definition) is 2. The van der Waals surface area contributed by atoms with Crippen LogP contribution in [-0.2, 0) is 12.8 Å². The Kier molecular flexibility index (Phi) is 3.72. The fourth-order valence-corrected chi connectivity index (χ4v) is 3.94. The molecule has 92 valence electrons. The summed E-state index contributed by atoms with van der Waals surface area (Å²) in [7, 11) is 0. The number of thioether (sulfide) groups is 1. The zero-order valence-electron chi connectivity index (χ0n) is 10.4. The highest BCUT2D eigenvalue weighted by molar-refractivity contribution is 7.99. The van der Waals surface area contributed by atoms with E-state index in [1.165, 1.54) is 61.3 Å². The Balaban J connectivity index is 1.70. The molecule has 1 aromatic carbocycles. The van der Waals surface area contributed by atoms with Gasteiger partial charge in [-0.3, -0.25) is 0 Å². The van der Waals surface area contributed by atoms with Crippen LogP contribution in [0, 0.1) is 0 Å². The second-order valence-electron chi connectivity index (χ2n) is 5.25. The van der Waals surface area contributed by atoms with Crippen LogP contribution in [0.3, 0.4) is 0 Å². The predicted octanol–water partition coefficient (Wildman–Crippen LogP) is 3.41. The third-order valence-corrected chi connectivity index (χ3v) is 5.07. The summed E-state index contributed by atoms with van der Waals surface area (Å²) in [6.45, 7) is 1.21. The van der Waals surface area contributed by atoms with Crippen molar-refractivity contribution in [3.05, 3.63) is 29.3 Å². The fourth-order valence-electron chi connectivity index (χ4n) is 2.92. The molecule has 1 N–H and O–H groups in total. The van der Waals surface area contributed by atoms with Crippen molar-refractivity contribution in [2.45, 2.75) is 49.5 Å². The molecule has 2 aliphatic rings. The van der Waals surface area contributed by atoms with Gasteiger partial charge in [-0.2, -0.15) is 0 Å². The average Bonchev–Trinajstić information content (AvgIpc) is 2.40. The summed E-state index contributed by atoms with van der Waals surface area (Å²) in [5.74, 6) is 1.30. The first kappa shape index (κ1) is 11.6. The van der Waals surface area contributed by atoms with Gasteiger partial charge in [0.2, 0.25) is 0 Å². The molecule has 0 aliphatic carbocycles. The number of nitrogens with one attached hydrogen (secondary N) is 1. The normalized spacial score (nSPS) is 24.4. The smallest absolute Gasteiger partial charge is 0.0107 e. The van der Waals surface area contributed by atoms with Crippen LogP contribution in [0.15, 0.2) is 23.1 Å². The fraction of sp³-hybridized carbons (Fsp3) is 0.600. The number of aryl methyl sites for hydroxylation is 1. The van der Waals surface area contributed by atoms with E-state index in [4.69, 9.17) is 0 Å². The second kappa shape index (κ2) is 5.45. The quantitative estimate of drug-likeness (QED) is 0.859. The minimum absolute atomic E-state index is 0.720. The summed E-state index contributed by atoms with van der Waals surface area (Å²) in [5.41, 5.74) is 3.13. The molecule has 1 aromatic rings. The molecule has 0 bridgehead atoms. The minimum atomic E-state index is 0.720. The lowest BCUT2D eigenvalue weighted by Gasteiger charge is -2.24. The van der Waals surface area contributed by atoms with Crippen molar-refractivity contribution < 1.29 is 0 Å². The maximum absolute atomic E-state index is 3.64. The van der Waals surface area contributed by atoms with Gasteiger partial charge in [-0.25, -0.2) is 0 Å². The SMILES string of the molecule is c1cc2c(cc1CC1CCCCN1)CCCS2. The molecule has 2 heteroatoms. The predicted molar refractivity (Wildman–Crippen MR) is 74.8 cm³/mol. The maximum Gasteiger partial charge on any atom is 0.0107 e. The van der Waals surface area contributed by atoms with Gasteiger partial charge >= 0.3 is 0 Å². The topological polar surface area (TPSA) is 12.0 Å². The lowest BCUT2D eigenvalue weighted by Crippen LogP contribution is -2.35. The lowest BCUT2D eigenvalue weighted by molar-refractivity contribution is 0.399. The van der Waals surface area contributed by atoms with Crippen LogP contribution in [0.1, 0.15) is 36.8 Å². The van der Waals surface area contributed by atoms with Gasteiger partial charge in [0.25, 0.3) is 0 Å². The maximum atomic E-state index is 3.64. The molecule has 2 aliphatic heterocycles. The van der Waals surface area contributed by atoms with Crippen molar-refractivity contribution in [1.82, 2.24) is 5.32 Å². The molecule has 1 nitrogen and oxygen atoms in total. The average molecular weight is 247 g/mol. The van der Waals surface area contributed by atoms with Crippen LogP contribution in [0.25, 0.3) is 0 Å². The lowest BCUT2D eigenvalue weighted by atomic mass is 9.96. The van der Waals surface area contributed by atoms with Crippen molar-refractivity contribution in [3.63, 3.8) is 0 Å².